The molecule has 0 heterocycles. The molecule has 0 unspecified atom stereocenters. The van der Waals surface area contributed by atoms with Gasteiger partial charge < -0.3 is 4.74 Å². The van der Waals surface area contributed by atoms with E-state index in [0.717, 1.165) is 11.3 Å². The Bertz CT molecular complexity index is 500. The number of nitriles is 1. The van der Waals surface area contributed by atoms with Crippen LogP contribution < -0.4 is 4.74 Å². The lowest BCUT2D eigenvalue weighted by molar-refractivity contribution is 0.306. The fourth-order valence-corrected chi connectivity index (χ4v) is 1.36. The van der Waals surface area contributed by atoms with E-state index in [9.17, 15) is 0 Å². The van der Waals surface area contributed by atoms with Crippen LogP contribution in [-0.4, -0.2) is 0 Å². The van der Waals surface area contributed by atoms with Crippen LogP contribution >= 0.6 is 0 Å². The minimum absolute atomic E-state index is 0.466. The molecular formula is C14H10NO. The maximum atomic E-state index is 8.75. The number of ether oxygens (including phenoxy) is 1. The molecule has 0 aliphatic rings. The zero-order valence-corrected chi connectivity index (χ0v) is 8.68. The van der Waals surface area contributed by atoms with E-state index in [1.165, 1.54) is 0 Å². The van der Waals surface area contributed by atoms with Crippen molar-refractivity contribution in [1.29, 1.82) is 5.26 Å². The second-order valence-electron chi connectivity index (χ2n) is 3.34. The van der Waals surface area contributed by atoms with Gasteiger partial charge in [-0.3, -0.25) is 0 Å². The van der Waals surface area contributed by atoms with Crippen LogP contribution in [0.25, 0.3) is 0 Å². The third-order valence-corrected chi connectivity index (χ3v) is 2.14. The first-order valence-corrected chi connectivity index (χ1v) is 4.96. The molecule has 0 aliphatic heterocycles. The van der Waals surface area contributed by atoms with Crippen molar-refractivity contribution in [2.75, 3.05) is 0 Å². The van der Waals surface area contributed by atoms with Crippen molar-refractivity contribution in [2.24, 2.45) is 0 Å². The van der Waals surface area contributed by atoms with Crippen LogP contribution in [-0.2, 0) is 6.61 Å². The largest absolute Gasteiger partial charge is 0.489 e. The van der Waals surface area contributed by atoms with Crippen LogP contribution in [0.15, 0.2) is 48.5 Å². The number of rotatable bonds is 3. The van der Waals surface area contributed by atoms with E-state index in [4.69, 9.17) is 10.00 Å². The van der Waals surface area contributed by atoms with Gasteiger partial charge in [0, 0.05) is 0 Å². The van der Waals surface area contributed by atoms with Crippen LogP contribution in [0.2, 0.25) is 0 Å². The lowest BCUT2D eigenvalue weighted by atomic mass is 10.1. The maximum Gasteiger partial charge on any atom is 0.120 e. The highest BCUT2D eigenvalue weighted by molar-refractivity contribution is 5.32. The van der Waals surface area contributed by atoms with Crippen molar-refractivity contribution >= 4 is 0 Å². The summed E-state index contributed by atoms with van der Waals surface area (Å²) in [6.07, 6.45) is 0. The van der Waals surface area contributed by atoms with Crippen LogP contribution in [0.1, 0.15) is 11.1 Å². The highest BCUT2D eigenvalue weighted by Gasteiger charge is 1.96. The van der Waals surface area contributed by atoms with Gasteiger partial charge >= 0.3 is 0 Å². The summed E-state index contributed by atoms with van der Waals surface area (Å²) in [6, 6.07) is 19.8. The molecule has 2 heteroatoms. The molecular weight excluding hydrogens is 198 g/mol. The average molecular weight is 208 g/mol. The molecule has 0 spiro atoms. The molecule has 2 nitrogen and oxygen atoms in total. The maximum absolute atomic E-state index is 8.75. The van der Waals surface area contributed by atoms with Crippen LogP contribution in [0.4, 0.5) is 0 Å². The Kier molecular flexibility index (Phi) is 3.20. The molecule has 77 valence electrons. The van der Waals surface area contributed by atoms with Gasteiger partial charge in [-0.25, -0.2) is 0 Å². The number of nitrogens with zero attached hydrogens (tertiary/aromatic N) is 1. The van der Waals surface area contributed by atoms with E-state index >= 15 is 0 Å². The van der Waals surface area contributed by atoms with Crippen molar-refractivity contribution in [3.8, 4) is 11.8 Å². The van der Waals surface area contributed by atoms with E-state index in [2.05, 4.69) is 12.1 Å². The Hall–Kier alpha value is -2.27. The Balaban J connectivity index is 2.03. The molecule has 2 rings (SSSR count). The monoisotopic (exact) mass is 208 g/mol. The SMILES string of the molecule is N#Cc1cccc(COc2c[c]ccc2)c1. The summed E-state index contributed by atoms with van der Waals surface area (Å²) in [4.78, 5) is 0. The smallest absolute Gasteiger partial charge is 0.120 e. The molecule has 2 aromatic carbocycles. The molecule has 0 atom stereocenters. The molecule has 0 bridgehead atoms. The summed E-state index contributed by atoms with van der Waals surface area (Å²) < 4.78 is 5.55. The lowest BCUT2D eigenvalue weighted by Gasteiger charge is -2.05. The first kappa shape index (κ1) is 10.3. The van der Waals surface area contributed by atoms with Crippen molar-refractivity contribution in [2.45, 2.75) is 6.61 Å². The molecule has 0 saturated heterocycles. The minimum atomic E-state index is 0.466. The minimum Gasteiger partial charge on any atom is -0.489 e. The molecule has 1 radical (unpaired) electrons. The zero-order chi connectivity index (χ0) is 11.2. The highest BCUT2D eigenvalue weighted by Crippen LogP contribution is 2.12. The molecule has 0 aliphatic carbocycles. The first-order chi connectivity index (χ1) is 7.88. The predicted molar refractivity (Wildman–Crippen MR) is 60.8 cm³/mol. The fourth-order valence-electron chi connectivity index (χ4n) is 1.36. The van der Waals surface area contributed by atoms with Crippen LogP contribution in [0, 0.1) is 17.4 Å². The molecule has 0 saturated carbocycles. The predicted octanol–water partition coefficient (Wildman–Crippen LogP) is 2.94. The molecule has 0 aromatic heterocycles. The Morgan fingerprint density at radius 1 is 1.25 bits per heavy atom. The van der Waals surface area contributed by atoms with Gasteiger partial charge in [0.15, 0.2) is 0 Å². The number of benzene rings is 2. The normalized spacial score (nSPS) is 9.44. The second kappa shape index (κ2) is 4.99. The van der Waals surface area contributed by atoms with Gasteiger partial charge in [0.1, 0.15) is 12.4 Å². The van der Waals surface area contributed by atoms with Gasteiger partial charge in [-0.15, -0.1) is 0 Å². The molecule has 0 amide bonds. The quantitative estimate of drug-likeness (QED) is 0.776. The lowest BCUT2D eigenvalue weighted by Crippen LogP contribution is -1.95. The Morgan fingerprint density at radius 3 is 2.94 bits per heavy atom. The summed E-state index contributed by atoms with van der Waals surface area (Å²) in [5.74, 6) is 0.782. The van der Waals surface area contributed by atoms with E-state index in [1.54, 1.807) is 12.1 Å². The third-order valence-electron chi connectivity index (χ3n) is 2.14. The molecule has 2 aromatic rings. The standard InChI is InChI=1S/C14H10NO/c15-10-12-5-4-6-13(9-12)11-16-14-7-2-1-3-8-14/h1-2,4-9H,11H2. The van der Waals surface area contributed by atoms with E-state index < -0.39 is 0 Å². The van der Waals surface area contributed by atoms with Gasteiger partial charge in [-0.05, 0) is 35.9 Å². The number of hydrogen-bond donors (Lipinski definition) is 0. The van der Waals surface area contributed by atoms with Gasteiger partial charge in [0.25, 0.3) is 0 Å². The third kappa shape index (κ3) is 2.61. The van der Waals surface area contributed by atoms with Crippen LogP contribution in [0.3, 0.4) is 0 Å². The zero-order valence-electron chi connectivity index (χ0n) is 8.68. The van der Waals surface area contributed by atoms with E-state index in [-0.39, 0.29) is 0 Å². The van der Waals surface area contributed by atoms with Gasteiger partial charge in [-0.2, -0.15) is 5.26 Å². The van der Waals surface area contributed by atoms with Crippen molar-refractivity contribution in [3.05, 3.63) is 65.7 Å². The second-order valence-corrected chi connectivity index (χ2v) is 3.34. The summed E-state index contributed by atoms with van der Waals surface area (Å²) in [6.45, 7) is 0.466. The summed E-state index contributed by atoms with van der Waals surface area (Å²) in [5, 5.41) is 8.75. The molecule has 16 heavy (non-hydrogen) atoms. The first-order valence-electron chi connectivity index (χ1n) is 4.96. The number of hydrogen-bond acceptors (Lipinski definition) is 2. The fraction of sp³-hybridized carbons (Fsp3) is 0.0714. The van der Waals surface area contributed by atoms with Gasteiger partial charge in [0.2, 0.25) is 0 Å². The van der Waals surface area contributed by atoms with Gasteiger partial charge in [0.05, 0.1) is 11.6 Å². The average Bonchev–Trinajstić information content (AvgIpc) is 2.38. The Morgan fingerprint density at radius 2 is 2.19 bits per heavy atom. The van der Waals surface area contributed by atoms with E-state index in [1.807, 2.05) is 36.4 Å². The van der Waals surface area contributed by atoms with Crippen molar-refractivity contribution in [1.82, 2.24) is 0 Å². The van der Waals surface area contributed by atoms with Crippen molar-refractivity contribution < 1.29 is 4.74 Å². The van der Waals surface area contributed by atoms with Crippen LogP contribution in [0.5, 0.6) is 5.75 Å². The van der Waals surface area contributed by atoms with Crippen molar-refractivity contribution in [3.63, 3.8) is 0 Å². The summed E-state index contributed by atoms with van der Waals surface area (Å²) in [7, 11) is 0. The van der Waals surface area contributed by atoms with Gasteiger partial charge in [-0.1, -0.05) is 24.3 Å². The molecule has 0 fully saturated rings. The summed E-state index contributed by atoms with van der Waals surface area (Å²) in [5.41, 5.74) is 1.64. The highest BCUT2D eigenvalue weighted by atomic mass is 16.5. The summed E-state index contributed by atoms with van der Waals surface area (Å²) >= 11 is 0. The topological polar surface area (TPSA) is 33.0 Å². The molecule has 0 N–H and O–H groups in total. The van der Waals surface area contributed by atoms with E-state index in [0.29, 0.717) is 12.2 Å². The Labute approximate surface area is 94.7 Å².